The lowest BCUT2D eigenvalue weighted by atomic mass is 10.0. The fourth-order valence-electron chi connectivity index (χ4n) is 2.07. The Labute approximate surface area is 123 Å². The first-order chi connectivity index (χ1) is 10.1. The Balaban J connectivity index is 1.87. The van der Waals surface area contributed by atoms with Crippen LogP contribution in [-0.4, -0.2) is 32.4 Å². The Morgan fingerprint density at radius 3 is 2.90 bits per heavy atom. The molecule has 0 aliphatic carbocycles. The Morgan fingerprint density at radius 1 is 1.48 bits per heavy atom. The minimum atomic E-state index is 0.125. The van der Waals surface area contributed by atoms with Crippen molar-refractivity contribution in [2.24, 2.45) is 17.9 Å². The summed E-state index contributed by atoms with van der Waals surface area (Å²) in [6.45, 7) is 3.60. The number of amidine groups is 1. The van der Waals surface area contributed by atoms with Crippen LogP contribution in [0.1, 0.15) is 22.5 Å². The number of hydrogen-bond donors (Lipinski definition) is 3. The molecule has 0 unspecified atom stereocenters. The van der Waals surface area contributed by atoms with Crippen LogP contribution in [0.2, 0.25) is 0 Å². The number of rotatable bonds is 6. The van der Waals surface area contributed by atoms with Crippen molar-refractivity contribution in [2.45, 2.75) is 19.9 Å². The zero-order valence-electron chi connectivity index (χ0n) is 12.2. The molecular weight excluding hydrogens is 268 g/mol. The standard InChI is InChI=1S/C14H20N6O/c1-10-7-11(14(15)19-21)3-4-12(10)8-16-6-5-13-18-17-9-20(13)2/h3-4,7,9,16,21H,5-6,8H2,1-2H3,(H2,15,19). The molecule has 1 heterocycles. The van der Waals surface area contributed by atoms with Crippen LogP contribution in [0.4, 0.5) is 0 Å². The van der Waals surface area contributed by atoms with Gasteiger partial charge in [-0.2, -0.15) is 0 Å². The molecule has 1 aromatic heterocycles. The van der Waals surface area contributed by atoms with Crippen LogP contribution >= 0.6 is 0 Å². The van der Waals surface area contributed by atoms with Gasteiger partial charge in [0.1, 0.15) is 12.2 Å². The summed E-state index contributed by atoms with van der Waals surface area (Å²) >= 11 is 0. The topological polar surface area (TPSA) is 101 Å². The summed E-state index contributed by atoms with van der Waals surface area (Å²) in [4.78, 5) is 0. The molecule has 2 aromatic rings. The third-order valence-corrected chi connectivity index (χ3v) is 3.39. The fraction of sp³-hybridized carbons (Fsp3) is 0.357. The molecule has 0 amide bonds. The molecule has 0 saturated heterocycles. The number of oxime groups is 1. The second-order valence-electron chi connectivity index (χ2n) is 4.91. The van der Waals surface area contributed by atoms with E-state index < -0.39 is 0 Å². The predicted octanol–water partition coefficient (Wildman–Crippen LogP) is 0.550. The van der Waals surface area contributed by atoms with Crippen LogP contribution in [0.3, 0.4) is 0 Å². The molecule has 0 aliphatic heterocycles. The molecule has 0 spiro atoms. The summed E-state index contributed by atoms with van der Waals surface area (Å²) in [6, 6.07) is 5.74. The molecule has 0 aliphatic rings. The molecule has 4 N–H and O–H groups in total. The molecule has 0 atom stereocenters. The molecule has 112 valence electrons. The number of aryl methyl sites for hydroxylation is 2. The first kappa shape index (κ1) is 15.0. The van der Waals surface area contributed by atoms with Gasteiger partial charge in [-0.3, -0.25) is 0 Å². The number of aromatic nitrogens is 3. The van der Waals surface area contributed by atoms with Gasteiger partial charge in [0.15, 0.2) is 5.84 Å². The lowest BCUT2D eigenvalue weighted by molar-refractivity contribution is 0.318. The number of nitrogens with one attached hydrogen (secondary N) is 1. The van der Waals surface area contributed by atoms with Gasteiger partial charge in [0.05, 0.1) is 0 Å². The summed E-state index contributed by atoms with van der Waals surface area (Å²) in [6.07, 6.45) is 2.53. The molecular formula is C14H20N6O. The van der Waals surface area contributed by atoms with E-state index in [4.69, 9.17) is 10.9 Å². The highest BCUT2D eigenvalue weighted by Crippen LogP contribution is 2.11. The van der Waals surface area contributed by atoms with Crippen molar-refractivity contribution in [2.75, 3.05) is 6.54 Å². The van der Waals surface area contributed by atoms with Gasteiger partial charge in [0, 0.05) is 32.1 Å². The third-order valence-electron chi connectivity index (χ3n) is 3.39. The van der Waals surface area contributed by atoms with E-state index in [1.807, 2.05) is 36.7 Å². The number of benzene rings is 1. The summed E-state index contributed by atoms with van der Waals surface area (Å²) in [7, 11) is 1.94. The average Bonchev–Trinajstić information content (AvgIpc) is 2.89. The molecule has 0 radical (unpaired) electrons. The van der Waals surface area contributed by atoms with Crippen LogP contribution in [0.15, 0.2) is 29.7 Å². The predicted molar refractivity (Wildman–Crippen MR) is 80.1 cm³/mol. The van der Waals surface area contributed by atoms with Crippen molar-refractivity contribution >= 4 is 5.84 Å². The van der Waals surface area contributed by atoms with Gasteiger partial charge >= 0.3 is 0 Å². The van der Waals surface area contributed by atoms with E-state index in [9.17, 15) is 0 Å². The van der Waals surface area contributed by atoms with Gasteiger partial charge in [0.25, 0.3) is 0 Å². The Kier molecular flexibility index (Phi) is 4.89. The van der Waals surface area contributed by atoms with Crippen molar-refractivity contribution in [3.05, 3.63) is 47.0 Å². The highest BCUT2D eigenvalue weighted by atomic mass is 16.4. The SMILES string of the molecule is Cc1cc(/C(N)=N/O)ccc1CNCCc1nncn1C. The lowest BCUT2D eigenvalue weighted by Gasteiger charge is -2.09. The van der Waals surface area contributed by atoms with E-state index >= 15 is 0 Å². The highest BCUT2D eigenvalue weighted by molar-refractivity contribution is 5.97. The highest BCUT2D eigenvalue weighted by Gasteiger charge is 2.04. The lowest BCUT2D eigenvalue weighted by Crippen LogP contribution is -2.19. The van der Waals surface area contributed by atoms with E-state index in [0.717, 1.165) is 36.5 Å². The maximum absolute atomic E-state index is 8.67. The summed E-state index contributed by atoms with van der Waals surface area (Å²) < 4.78 is 1.92. The minimum absolute atomic E-state index is 0.125. The fourth-order valence-corrected chi connectivity index (χ4v) is 2.07. The Hall–Kier alpha value is -2.41. The van der Waals surface area contributed by atoms with E-state index in [1.165, 1.54) is 5.56 Å². The zero-order valence-corrected chi connectivity index (χ0v) is 12.2. The van der Waals surface area contributed by atoms with E-state index in [0.29, 0.717) is 0 Å². The maximum atomic E-state index is 8.67. The Bertz CT molecular complexity index is 634. The van der Waals surface area contributed by atoms with E-state index in [1.54, 1.807) is 6.33 Å². The summed E-state index contributed by atoms with van der Waals surface area (Å²) in [5.74, 6) is 1.08. The molecule has 2 rings (SSSR count). The minimum Gasteiger partial charge on any atom is -0.409 e. The molecule has 0 bridgehead atoms. The second-order valence-corrected chi connectivity index (χ2v) is 4.91. The number of hydrogen-bond acceptors (Lipinski definition) is 5. The van der Waals surface area contributed by atoms with Crippen LogP contribution in [0.25, 0.3) is 0 Å². The average molecular weight is 288 g/mol. The van der Waals surface area contributed by atoms with Crippen LogP contribution in [0, 0.1) is 6.92 Å². The van der Waals surface area contributed by atoms with Gasteiger partial charge in [-0.25, -0.2) is 0 Å². The van der Waals surface area contributed by atoms with Gasteiger partial charge in [-0.15, -0.1) is 10.2 Å². The maximum Gasteiger partial charge on any atom is 0.170 e. The van der Waals surface area contributed by atoms with Crippen LogP contribution < -0.4 is 11.1 Å². The number of nitrogens with zero attached hydrogens (tertiary/aromatic N) is 4. The summed E-state index contributed by atoms with van der Waals surface area (Å²) in [5.41, 5.74) is 8.58. The van der Waals surface area contributed by atoms with Crippen molar-refractivity contribution in [1.82, 2.24) is 20.1 Å². The van der Waals surface area contributed by atoms with Gasteiger partial charge in [-0.05, 0) is 24.1 Å². The van der Waals surface area contributed by atoms with Gasteiger partial charge < -0.3 is 20.8 Å². The van der Waals surface area contributed by atoms with Gasteiger partial charge in [-0.1, -0.05) is 17.3 Å². The summed E-state index contributed by atoms with van der Waals surface area (Å²) in [5, 5.41) is 22.9. The van der Waals surface area contributed by atoms with Crippen LogP contribution in [0.5, 0.6) is 0 Å². The first-order valence-electron chi connectivity index (χ1n) is 6.73. The largest absolute Gasteiger partial charge is 0.409 e. The van der Waals surface area contributed by atoms with E-state index in [-0.39, 0.29) is 5.84 Å². The number of nitrogens with two attached hydrogens (primary N) is 1. The first-order valence-corrected chi connectivity index (χ1v) is 6.73. The smallest absolute Gasteiger partial charge is 0.170 e. The zero-order chi connectivity index (χ0) is 15.2. The third kappa shape index (κ3) is 3.79. The van der Waals surface area contributed by atoms with Crippen molar-refractivity contribution < 1.29 is 5.21 Å². The van der Waals surface area contributed by atoms with Crippen molar-refractivity contribution in [1.29, 1.82) is 0 Å². The van der Waals surface area contributed by atoms with Crippen LogP contribution in [-0.2, 0) is 20.0 Å². The van der Waals surface area contributed by atoms with Crippen molar-refractivity contribution in [3.63, 3.8) is 0 Å². The molecule has 7 nitrogen and oxygen atoms in total. The normalized spacial score (nSPS) is 11.8. The molecule has 1 aromatic carbocycles. The van der Waals surface area contributed by atoms with Gasteiger partial charge in [0.2, 0.25) is 0 Å². The molecule has 21 heavy (non-hydrogen) atoms. The molecule has 0 fully saturated rings. The Morgan fingerprint density at radius 2 is 2.29 bits per heavy atom. The molecule has 0 saturated carbocycles. The molecule has 7 heteroatoms. The quantitative estimate of drug-likeness (QED) is 0.237. The monoisotopic (exact) mass is 288 g/mol. The second kappa shape index (κ2) is 6.85. The van der Waals surface area contributed by atoms with Crippen molar-refractivity contribution in [3.8, 4) is 0 Å². The van der Waals surface area contributed by atoms with E-state index in [2.05, 4.69) is 20.7 Å².